The van der Waals surface area contributed by atoms with Crippen molar-refractivity contribution in [3.63, 3.8) is 0 Å². The minimum absolute atomic E-state index is 0.145. The molecule has 0 heterocycles. The molecule has 0 aliphatic heterocycles. The fourth-order valence-corrected chi connectivity index (χ4v) is 0.792. The van der Waals surface area contributed by atoms with Gasteiger partial charge in [0.15, 0.2) is 0 Å². The smallest absolute Gasteiger partial charge is 0.235 e. The van der Waals surface area contributed by atoms with Crippen LogP contribution in [0.25, 0.3) is 0 Å². The fraction of sp³-hybridized carbons (Fsp3) is 0.600. The molecule has 0 bridgehead atoms. The zero-order valence-electron chi connectivity index (χ0n) is 8.22. The second-order valence-electron chi connectivity index (χ2n) is 3.87. The monoisotopic (exact) mass is 178 g/mol. The molecule has 0 radical (unpaired) electrons. The molecule has 1 N–H and O–H groups in total. The van der Waals surface area contributed by atoms with Gasteiger partial charge in [-0.3, -0.25) is 4.79 Å². The van der Waals surface area contributed by atoms with Gasteiger partial charge in [0.1, 0.15) is 6.42 Å². The van der Waals surface area contributed by atoms with E-state index < -0.39 is 0 Å². The minimum atomic E-state index is -0.326. The van der Waals surface area contributed by atoms with Gasteiger partial charge in [0.2, 0.25) is 5.91 Å². The van der Waals surface area contributed by atoms with E-state index in [4.69, 9.17) is 11.7 Å². The zero-order chi connectivity index (χ0) is 10.5. The van der Waals surface area contributed by atoms with Crippen LogP contribution in [-0.4, -0.2) is 11.9 Å². The molecule has 70 valence electrons. The Morgan fingerprint density at radius 1 is 1.62 bits per heavy atom. The normalized spacial score (nSPS) is 12.4. The summed E-state index contributed by atoms with van der Waals surface area (Å²) in [6.07, 6.45) is 5.11. The molecular formula is C10H14N2O. The Morgan fingerprint density at radius 2 is 2.15 bits per heavy atom. The summed E-state index contributed by atoms with van der Waals surface area (Å²) in [5, 5.41) is 10.9. The number of hydrogen-bond acceptors (Lipinski definition) is 2. The zero-order valence-corrected chi connectivity index (χ0v) is 8.22. The predicted octanol–water partition coefficient (Wildman–Crippen LogP) is 1.06. The highest BCUT2D eigenvalue weighted by Gasteiger charge is 2.23. The van der Waals surface area contributed by atoms with Crippen molar-refractivity contribution in [2.24, 2.45) is 5.41 Å². The van der Waals surface area contributed by atoms with Crippen molar-refractivity contribution < 1.29 is 4.79 Å². The van der Waals surface area contributed by atoms with Gasteiger partial charge in [0, 0.05) is 0 Å². The van der Waals surface area contributed by atoms with Crippen molar-refractivity contribution in [1.29, 1.82) is 5.26 Å². The highest BCUT2D eigenvalue weighted by Crippen LogP contribution is 2.18. The lowest BCUT2D eigenvalue weighted by atomic mass is 9.87. The van der Waals surface area contributed by atoms with E-state index in [0.717, 1.165) is 0 Å². The van der Waals surface area contributed by atoms with Crippen LogP contribution in [0.3, 0.4) is 0 Å². The quantitative estimate of drug-likeness (QED) is 0.643. The molecule has 0 aromatic rings. The lowest BCUT2D eigenvalue weighted by molar-refractivity contribution is -0.121. The Bertz CT molecular complexity index is 262. The predicted molar refractivity (Wildman–Crippen MR) is 50.4 cm³/mol. The third kappa shape index (κ3) is 4.18. The van der Waals surface area contributed by atoms with Gasteiger partial charge in [0.25, 0.3) is 0 Å². The molecule has 0 aromatic heterocycles. The third-order valence-corrected chi connectivity index (χ3v) is 1.58. The van der Waals surface area contributed by atoms with Gasteiger partial charge < -0.3 is 5.32 Å². The molecule has 1 atom stereocenters. The molecular weight excluding hydrogens is 164 g/mol. The van der Waals surface area contributed by atoms with Crippen LogP contribution in [0, 0.1) is 29.1 Å². The van der Waals surface area contributed by atoms with Crippen LogP contribution < -0.4 is 5.32 Å². The summed E-state index contributed by atoms with van der Waals surface area (Å²) >= 11 is 0. The van der Waals surface area contributed by atoms with Crippen molar-refractivity contribution in [3.05, 3.63) is 0 Å². The van der Waals surface area contributed by atoms with Gasteiger partial charge in [-0.15, -0.1) is 6.42 Å². The van der Waals surface area contributed by atoms with E-state index in [9.17, 15) is 4.79 Å². The Morgan fingerprint density at radius 3 is 2.46 bits per heavy atom. The number of carbonyl (C=O) groups excluding carboxylic acids is 1. The van der Waals surface area contributed by atoms with Crippen LogP contribution in [0.4, 0.5) is 0 Å². The highest BCUT2D eigenvalue weighted by atomic mass is 16.1. The summed E-state index contributed by atoms with van der Waals surface area (Å²) in [5.41, 5.74) is -0.181. The van der Waals surface area contributed by atoms with E-state index in [1.807, 2.05) is 20.8 Å². The SMILES string of the molecule is C#CC(NC(=O)CC#N)C(C)(C)C. The molecule has 0 rings (SSSR count). The van der Waals surface area contributed by atoms with Crippen molar-refractivity contribution in [2.75, 3.05) is 0 Å². The third-order valence-electron chi connectivity index (χ3n) is 1.58. The van der Waals surface area contributed by atoms with Crippen LogP contribution in [-0.2, 0) is 4.79 Å². The Hall–Kier alpha value is -1.48. The summed E-state index contributed by atoms with van der Waals surface area (Å²) in [7, 11) is 0. The van der Waals surface area contributed by atoms with Gasteiger partial charge in [-0.05, 0) is 5.41 Å². The molecule has 0 spiro atoms. The second-order valence-corrected chi connectivity index (χ2v) is 3.87. The number of nitrogens with one attached hydrogen (secondary N) is 1. The van der Waals surface area contributed by atoms with E-state index in [0.29, 0.717) is 0 Å². The Kier molecular flexibility index (Phi) is 4.01. The maximum atomic E-state index is 11.0. The second kappa shape index (κ2) is 4.52. The van der Waals surface area contributed by atoms with Crippen LogP contribution in [0.1, 0.15) is 27.2 Å². The van der Waals surface area contributed by atoms with Gasteiger partial charge in [0.05, 0.1) is 12.1 Å². The summed E-state index contributed by atoms with van der Waals surface area (Å²) in [4.78, 5) is 11.0. The topological polar surface area (TPSA) is 52.9 Å². The average molecular weight is 178 g/mol. The largest absolute Gasteiger partial charge is 0.341 e. The molecule has 1 unspecified atom stereocenters. The lowest BCUT2D eigenvalue weighted by Crippen LogP contribution is -2.42. The summed E-state index contributed by atoms with van der Waals surface area (Å²) < 4.78 is 0. The summed E-state index contributed by atoms with van der Waals surface area (Å²) in [6, 6.07) is 1.44. The van der Waals surface area contributed by atoms with E-state index in [1.165, 1.54) is 0 Å². The number of terminal acetylenes is 1. The number of carbonyl (C=O) groups is 1. The molecule has 0 aliphatic carbocycles. The number of rotatable bonds is 2. The van der Waals surface area contributed by atoms with Gasteiger partial charge in [-0.1, -0.05) is 26.7 Å². The summed E-state index contributed by atoms with van der Waals surface area (Å²) in [5.74, 6) is 2.17. The van der Waals surface area contributed by atoms with Crippen molar-refractivity contribution in [3.8, 4) is 18.4 Å². The molecule has 13 heavy (non-hydrogen) atoms. The van der Waals surface area contributed by atoms with Crippen LogP contribution >= 0.6 is 0 Å². The van der Waals surface area contributed by atoms with E-state index >= 15 is 0 Å². The average Bonchev–Trinajstić information content (AvgIpc) is 1.98. The Balaban J connectivity index is 4.27. The van der Waals surface area contributed by atoms with Gasteiger partial charge in [-0.25, -0.2) is 0 Å². The van der Waals surface area contributed by atoms with Crippen LogP contribution in [0.5, 0.6) is 0 Å². The number of amides is 1. The van der Waals surface area contributed by atoms with Crippen LogP contribution in [0.2, 0.25) is 0 Å². The molecule has 0 saturated carbocycles. The summed E-state index contributed by atoms with van der Waals surface area (Å²) in [6.45, 7) is 5.80. The van der Waals surface area contributed by atoms with Gasteiger partial charge >= 0.3 is 0 Å². The first-order valence-electron chi connectivity index (χ1n) is 4.04. The molecule has 3 nitrogen and oxygen atoms in total. The lowest BCUT2D eigenvalue weighted by Gasteiger charge is -2.26. The molecule has 1 amide bonds. The van der Waals surface area contributed by atoms with E-state index in [1.54, 1.807) is 6.07 Å². The first-order valence-corrected chi connectivity index (χ1v) is 4.04. The van der Waals surface area contributed by atoms with Crippen molar-refractivity contribution in [2.45, 2.75) is 33.2 Å². The molecule has 3 heteroatoms. The molecule has 0 aliphatic rings. The fourth-order valence-electron chi connectivity index (χ4n) is 0.792. The number of nitrogens with zero attached hydrogens (tertiary/aromatic N) is 1. The van der Waals surface area contributed by atoms with Gasteiger partial charge in [-0.2, -0.15) is 5.26 Å². The molecule has 0 fully saturated rings. The van der Waals surface area contributed by atoms with Crippen molar-refractivity contribution in [1.82, 2.24) is 5.32 Å². The number of hydrogen-bond donors (Lipinski definition) is 1. The maximum Gasteiger partial charge on any atom is 0.235 e. The van der Waals surface area contributed by atoms with E-state index in [2.05, 4.69) is 11.2 Å². The first kappa shape index (κ1) is 11.5. The molecule has 0 saturated heterocycles. The van der Waals surface area contributed by atoms with E-state index in [-0.39, 0.29) is 23.8 Å². The van der Waals surface area contributed by atoms with Crippen molar-refractivity contribution >= 4 is 5.91 Å². The first-order chi connectivity index (χ1) is 5.91. The standard InChI is InChI=1S/C10H14N2O/c1-5-8(10(2,3)4)12-9(13)6-7-11/h1,8H,6H2,2-4H3,(H,12,13). The Labute approximate surface area is 79.1 Å². The maximum absolute atomic E-state index is 11.0. The molecule has 0 aromatic carbocycles. The van der Waals surface area contributed by atoms with Crippen LogP contribution in [0.15, 0.2) is 0 Å². The minimum Gasteiger partial charge on any atom is -0.341 e. The highest BCUT2D eigenvalue weighted by molar-refractivity contribution is 5.78. The number of nitriles is 1.